The van der Waals surface area contributed by atoms with E-state index in [2.05, 4.69) is 37.9 Å². The number of hydrogen-bond acceptors (Lipinski definition) is 9. The molecule has 3 fully saturated rings. The third-order valence-corrected chi connectivity index (χ3v) is 6.25. The fraction of sp³-hybridized carbons (Fsp3) is 0.375. The Balaban J connectivity index is 1.45. The fourth-order valence-electron chi connectivity index (χ4n) is 4.26. The topological polar surface area (TPSA) is 117 Å². The highest BCUT2D eigenvalue weighted by molar-refractivity contribution is 6.15. The number of fused-ring (bicyclic) bond motifs is 1. The number of rotatable bonds is 7. The lowest BCUT2D eigenvalue weighted by Crippen LogP contribution is -2.49. The lowest BCUT2D eigenvalue weighted by Gasteiger charge is -2.37. The molecule has 11 nitrogen and oxygen atoms in total. The first-order valence-electron chi connectivity index (χ1n) is 11.9. The van der Waals surface area contributed by atoms with Crippen molar-refractivity contribution in [2.45, 2.75) is 31.8 Å². The Morgan fingerprint density at radius 3 is 2.66 bits per heavy atom. The van der Waals surface area contributed by atoms with Crippen LogP contribution in [-0.2, 0) is 20.9 Å². The SMILES string of the molecule is O=C1CC(=Cc2cnn3c(NC4CC4)nc(N(Cc4ccccc4)N4CCOCC4)nc23)C(=O)N1. The van der Waals surface area contributed by atoms with Crippen LogP contribution in [-0.4, -0.2) is 68.8 Å². The number of benzene rings is 1. The lowest BCUT2D eigenvalue weighted by molar-refractivity contribution is -0.124. The number of morpholine rings is 1. The van der Waals surface area contributed by atoms with Gasteiger partial charge in [-0.25, -0.2) is 5.01 Å². The molecule has 1 saturated carbocycles. The fourth-order valence-corrected chi connectivity index (χ4v) is 4.26. The molecule has 0 atom stereocenters. The van der Waals surface area contributed by atoms with Gasteiger partial charge in [0.05, 0.1) is 32.4 Å². The second-order valence-corrected chi connectivity index (χ2v) is 8.93. The highest BCUT2D eigenvalue weighted by atomic mass is 16.5. The van der Waals surface area contributed by atoms with Gasteiger partial charge in [0.15, 0.2) is 5.65 Å². The summed E-state index contributed by atoms with van der Waals surface area (Å²) in [6, 6.07) is 10.6. The van der Waals surface area contributed by atoms with E-state index < -0.39 is 0 Å². The first kappa shape index (κ1) is 21.7. The highest BCUT2D eigenvalue weighted by Crippen LogP contribution is 2.28. The molecule has 35 heavy (non-hydrogen) atoms. The van der Waals surface area contributed by atoms with E-state index in [1.807, 2.05) is 18.2 Å². The zero-order valence-corrected chi connectivity index (χ0v) is 19.2. The molecule has 180 valence electrons. The molecule has 1 aliphatic carbocycles. The van der Waals surface area contributed by atoms with Crippen LogP contribution in [0, 0.1) is 0 Å². The average Bonchev–Trinajstić information content (AvgIpc) is 3.51. The number of hydrogen-bond donors (Lipinski definition) is 2. The van der Waals surface area contributed by atoms with Crippen molar-refractivity contribution in [1.82, 2.24) is 29.9 Å². The van der Waals surface area contributed by atoms with Gasteiger partial charge in [-0.05, 0) is 24.5 Å². The molecular weight excluding hydrogens is 448 g/mol. The Hall–Kier alpha value is -3.83. The van der Waals surface area contributed by atoms with E-state index in [0.29, 0.717) is 54.5 Å². The van der Waals surface area contributed by atoms with Crippen molar-refractivity contribution in [3.05, 3.63) is 53.2 Å². The van der Waals surface area contributed by atoms with E-state index in [1.54, 1.807) is 16.8 Å². The summed E-state index contributed by atoms with van der Waals surface area (Å²) in [5, 5.41) is 14.6. The number of hydrazine groups is 1. The van der Waals surface area contributed by atoms with Crippen LogP contribution in [0.4, 0.5) is 11.9 Å². The number of amides is 2. The standard InChI is InChI=1S/C24H26N8O3/c33-20-13-17(22(34)27-20)12-18-14-25-32-21(18)28-23(29-24(32)26-19-6-7-19)31(30-8-10-35-11-9-30)15-16-4-2-1-3-5-16/h1-5,12,14,19H,6-11,13,15H2,(H,26,28,29)(H,27,33,34). The second kappa shape index (κ2) is 9.08. The van der Waals surface area contributed by atoms with Crippen molar-refractivity contribution in [3.8, 4) is 0 Å². The number of carbonyl (C=O) groups is 2. The number of nitrogens with one attached hydrogen (secondary N) is 2. The largest absolute Gasteiger partial charge is 0.379 e. The van der Waals surface area contributed by atoms with Gasteiger partial charge in [0.1, 0.15) is 0 Å². The summed E-state index contributed by atoms with van der Waals surface area (Å²) in [6.07, 6.45) is 5.56. The Labute approximate surface area is 201 Å². The minimum Gasteiger partial charge on any atom is -0.379 e. The molecule has 6 rings (SSSR count). The van der Waals surface area contributed by atoms with Crippen LogP contribution in [0.25, 0.3) is 11.7 Å². The third-order valence-electron chi connectivity index (χ3n) is 6.25. The van der Waals surface area contributed by atoms with Gasteiger partial charge >= 0.3 is 0 Å². The molecule has 0 radical (unpaired) electrons. The van der Waals surface area contributed by atoms with Crippen molar-refractivity contribution < 1.29 is 14.3 Å². The van der Waals surface area contributed by atoms with Crippen molar-refractivity contribution in [3.63, 3.8) is 0 Å². The van der Waals surface area contributed by atoms with Crippen molar-refractivity contribution in [2.24, 2.45) is 0 Å². The Morgan fingerprint density at radius 1 is 1.14 bits per heavy atom. The van der Waals surface area contributed by atoms with E-state index in [4.69, 9.17) is 14.7 Å². The summed E-state index contributed by atoms with van der Waals surface area (Å²) in [5.74, 6) is 0.471. The number of nitrogens with zero attached hydrogens (tertiary/aromatic N) is 6. The van der Waals surface area contributed by atoms with E-state index >= 15 is 0 Å². The first-order chi connectivity index (χ1) is 17.1. The minimum atomic E-state index is -0.376. The molecule has 4 heterocycles. The molecule has 2 amide bonds. The normalized spacial score (nSPS) is 19.9. The molecule has 2 N–H and O–H groups in total. The average molecular weight is 475 g/mol. The van der Waals surface area contributed by atoms with Crippen LogP contribution in [0.3, 0.4) is 0 Å². The zero-order valence-electron chi connectivity index (χ0n) is 19.2. The maximum absolute atomic E-state index is 12.2. The summed E-state index contributed by atoms with van der Waals surface area (Å²) in [6.45, 7) is 3.32. The maximum Gasteiger partial charge on any atom is 0.254 e. The molecule has 0 bridgehead atoms. The van der Waals surface area contributed by atoms with Crippen LogP contribution >= 0.6 is 0 Å². The molecule has 0 unspecified atom stereocenters. The Bertz CT molecular complexity index is 1290. The van der Waals surface area contributed by atoms with E-state index in [0.717, 1.165) is 31.5 Å². The van der Waals surface area contributed by atoms with Crippen LogP contribution in [0.15, 0.2) is 42.1 Å². The van der Waals surface area contributed by atoms with Gasteiger partial charge in [0.25, 0.3) is 5.91 Å². The smallest absolute Gasteiger partial charge is 0.254 e. The quantitative estimate of drug-likeness (QED) is 0.387. The number of aromatic nitrogens is 4. The molecule has 0 spiro atoms. The van der Waals surface area contributed by atoms with Gasteiger partial charge in [-0.2, -0.15) is 19.6 Å². The summed E-state index contributed by atoms with van der Waals surface area (Å²) >= 11 is 0. The molecule has 3 aliphatic rings. The zero-order chi connectivity index (χ0) is 23.8. The predicted molar refractivity (Wildman–Crippen MR) is 128 cm³/mol. The molecule has 11 heteroatoms. The van der Waals surface area contributed by atoms with Crippen LogP contribution < -0.4 is 15.6 Å². The summed E-state index contributed by atoms with van der Waals surface area (Å²) in [7, 11) is 0. The monoisotopic (exact) mass is 474 g/mol. The van der Waals surface area contributed by atoms with Crippen molar-refractivity contribution >= 4 is 35.4 Å². The van der Waals surface area contributed by atoms with E-state index in [-0.39, 0.29) is 18.2 Å². The van der Waals surface area contributed by atoms with Crippen molar-refractivity contribution in [1.29, 1.82) is 0 Å². The lowest BCUT2D eigenvalue weighted by atomic mass is 10.1. The number of carbonyl (C=O) groups excluding carboxylic acids is 2. The van der Waals surface area contributed by atoms with Crippen LogP contribution in [0.1, 0.15) is 30.4 Å². The third kappa shape index (κ3) is 4.60. The summed E-state index contributed by atoms with van der Waals surface area (Å²) in [5.41, 5.74) is 2.77. The van der Waals surface area contributed by atoms with Gasteiger partial charge < -0.3 is 10.1 Å². The number of anilines is 2. The maximum atomic E-state index is 12.2. The number of ether oxygens (including phenoxy) is 1. The van der Waals surface area contributed by atoms with Gasteiger partial charge in [-0.15, -0.1) is 0 Å². The van der Waals surface area contributed by atoms with Crippen molar-refractivity contribution in [2.75, 3.05) is 36.6 Å². The number of imide groups is 1. The first-order valence-corrected chi connectivity index (χ1v) is 11.9. The van der Waals surface area contributed by atoms with Crippen LogP contribution in [0.2, 0.25) is 0 Å². The molecule has 2 aliphatic heterocycles. The van der Waals surface area contributed by atoms with Gasteiger partial charge in [0, 0.05) is 30.3 Å². The Morgan fingerprint density at radius 2 is 1.94 bits per heavy atom. The van der Waals surface area contributed by atoms with E-state index in [1.165, 1.54) is 0 Å². The minimum absolute atomic E-state index is 0.0508. The van der Waals surface area contributed by atoms with Gasteiger partial charge in [-0.3, -0.25) is 19.9 Å². The van der Waals surface area contributed by atoms with Gasteiger partial charge in [-0.1, -0.05) is 30.3 Å². The molecule has 1 aromatic carbocycles. The molecule has 2 saturated heterocycles. The predicted octanol–water partition coefficient (Wildman–Crippen LogP) is 1.38. The Kier molecular flexibility index (Phi) is 5.63. The van der Waals surface area contributed by atoms with Crippen LogP contribution in [0.5, 0.6) is 0 Å². The molecular formula is C24H26N8O3. The van der Waals surface area contributed by atoms with Gasteiger partial charge in [0.2, 0.25) is 17.8 Å². The van der Waals surface area contributed by atoms with E-state index in [9.17, 15) is 9.59 Å². The summed E-state index contributed by atoms with van der Waals surface area (Å²) in [4.78, 5) is 33.6. The highest BCUT2D eigenvalue weighted by Gasteiger charge is 2.28. The second-order valence-electron chi connectivity index (χ2n) is 8.93. The summed E-state index contributed by atoms with van der Waals surface area (Å²) < 4.78 is 7.25. The molecule has 3 aromatic rings. The molecule has 2 aromatic heterocycles.